The fraction of sp³-hybridized carbons (Fsp3) is 0.200. The molecule has 0 spiro atoms. The van der Waals surface area contributed by atoms with Crippen molar-refractivity contribution in [1.82, 2.24) is 15.5 Å². The van der Waals surface area contributed by atoms with Gasteiger partial charge in [0.2, 0.25) is 11.8 Å². The van der Waals surface area contributed by atoms with Gasteiger partial charge in [-0.25, -0.2) is 0 Å². The Labute approximate surface area is 111 Å². The quantitative estimate of drug-likeness (QED) is 0.779. The lowest BCUT2D eigenvalue weighted by molar-refractivity contribution is 0.441. The molecule has 19 heavy (non-hydrogen) atoms. The average Bonchev–Trinajstić information content (AvgIpc) is 2.95. The smallest absolute Gasteiger partial charge is 0.248 e. The van der Waals surface area contributed by atoms with Gasteiger partial charge in [0.05, 0.1) is 6.04 Å². The Morgan fingerprint density at radius 2 is 1.84 bits per heavy atom. The highest BCUT2D eigenvalue weighted by atomic mass is 16.4. The summed E-state index contributed by atoms with van der Waals surface area (Å²) in [6.07, 6.45) is 0. The van der Waals surface area contributed by atoms with Crippen LogP contribution in [0.5, 0.6) is 0 Å². The molecule has 0 saturated heterocycles. The highest BCUT2D eigenvalue weighted by molar-refractivity contribution is 5.94. The summed E-state index contributed by atoms with van der Waals surface area (Å²) >= 11 is 0. The van der Waals surface area contributed by atoms with Crippen molar-refractivity contribution < 1.29 is 4.42 Å². The van der Waals surface area contributed by atoms with E-state index < -0.39 is 0 Å². The van der Waals surface area contributed by atoms with Crippen LogP contribution in [0.3, 0.4) is 0 Å². The molecule has 4 heteroatoms. The van der Waals surface area contributed by atoms with E-state index in [-0.39, 0.29) is 6.04 Å². The molecule has 0 aliphatic heterocycles. The van der Waals surface area contributed by atoms with Crippen molar-refractivity contribution in [2.45, 2.75) is 13.0 Å². The fourth-order valence-corrected chi connectivity index (χ4v) is 2.05. The standard InChI is InChI=1S/C15H15N3O/c1-10(16-2)14-17-18-15(19-14)13-9-5-7-11-6-3-4-8-12(11)13/h3-10,16H,1-2H3. The predicted octanol–water partition coefficient (Wildman–Crippen LogP) is 3.17. The van der Waals surface area contributed by atoms with Crippen molar-refractivity contribution in [2.24, 2.45) is 0 Å². The first-order chi connectivity index (χ1) is 9.29. The highest BCUT2D eigenvalue weighted by Crippen LogP contribution is 2.28. The zero-order chi connectivity index (χ0) is 13.2. The summed E-state index contributed by atoms with van der Waals surface area (Å²) in [5.74, 6) is 1.17. The average molecular weight is 253 g/mol. The third kappa shape index (κ3) is 2.11. The largest absolute Gasteiger partial charge is 0.419 e. The van der Waals surface area contributed by atoms with Crippen LogP contribution in [0.4, 0.5) is 0 Å². The van der Waals surface area contributed by atoms with Crippen molar-refractivity contribution in [3.05, 3.63) is 48.4 Å². The molecule has 1 N–H and O–H groups in total. The molecule has 0 radical (unpaired) electrons. The van der Waals surface area contributed by atoms with Crippen molar-refractivity contribution in [2.75, 3.05) is 7.05 Å². The number of rotatable bonds is 3. The van der Waals surface area contributed by atoms with E-state index in [4.69, 9.17) is 4.42 Å². The molecule has 1 unspecified atom stereocenters. The minimum absolute atomic E-state index is 0.0521. The molecule has 1 aromatic heterocycles. The van der Waals surface area contributed by atoms with Gasteiger partial charge in [-0.15, -0.1) is 10.2 Å². The zero-order valence-electron chi connectivity index (χ0n) is 10.9. The van der Waals surface area contributed by atoms with E-state index in [1.807, 2.05) is 38.2 Å². The van der Waals surface area contributed by atoms with E-state index in [1.54, 1.807) is 0 Å². The summed E-state index contributed by atoms with van der Waals surface area (Å²) in [6, 6.07) is 14.3. The van der Waals surface area contributed by atoms with E-state index in [9.17, 15) is 0 Å². The van der Waals surface area contributed by atoms with Crippen LogP contribution in [-0.2, 0) is 0 Å². The van der Waals surface area contributed by atoms with Crippen LogP contribution in [0.25, 0.3) is 22.2 Å². The number of nitrogens with zero attached hydrogens (tertiary/aromatic N) is 2. The highest BCUT2D eigenvalue weighted by Gasteiger charge is 2.14. The van der Waals surface area contributed by atoms with Crippen LogP contribution in [0.2, 0.25) is 0 Å². The monoisotopic (exact) mass is 253 g/mol. The maximum Gasteiger partial charge on any atom is 0.248 e. The van der Waals surface area contributed by atoms with Crippen LogP contribution >= 0.6 is 0 Å². The molecular weight excluding hydrogens is 238 g/mol. The Kier molecular flexibility index (Phi) is 3.01. The number of hydrogen-bond acceptors (Lipinski definition) is 4. The first-order valence-corrected chi connectivity index (χ1v) is 6.28. The van der Waals surface area contributed by atoms with E-state index >= 15 is 0 Å². The second-order valence-electron chi connectivity index (χ2n) is 4.48. The summed E-state index contributed by atoms with van der Waals surface area (Å²) in [5.41, 5.74) is 0.972. The number of hydrogen-bond donors (Lipinski definition) is 1. The third-order valence-electron chi connectivity index (χ3n) is 3.26. The molecular formula is C15H15N3O. The number of fused-ring (bicyclic) bond motifs is 1. The summed E-state index contributed by atoms with van der Waals surface area (Å²) in [5, 5.41) is 13.6. The van der Waals surface area contributed by atoms with Gasteiger partial charge in [-0.3, -0.25) is 0 Å². The van der Waals surface area contributed by atoms with Crippen LogP contribution in [0, 0.1) is 0 Å². The van der Waals surface area contributed by atoms with Crippen molar-refractivity contribution >= 4 is 10.8 Å². The van der Waals surface area contributed by atoms with E-state index in [0.717, 1.165) is 10.9 Å². The lowest BCUT2D eigenvalue weighted by Gasteiger charge is -2.04. The van der Waals surface area contributed by atoms with Gasteiger partial charge >= 0.3 is 0 Å². The van der Waals surface area contributed by atoms with Gasteiger partial charge in [-0.05, 0) is 30.8 Å². The molecule has 0 saturated carbocycles. The van der Waals surface area contributed by atoms with Crippen molar-refractivity contribution in [1.29, 1.82) is 0 Å². The summed E-state index contributed by atoms with van der Waals surface area (Å²) in [7, 11) is 1.87. The third-order valence-corrected chi connectivity index (χ3v) is 3.26. The van der Waals surface area contributed by atoms with E-state index in [1.165, 1.54) is 5.39 Å². The normalized spacial score (nSPS) is 12.7. The Bertz CT molecular complexity index is 700. The first kappa shape index (κ1) is 11.9. The zero-order valence-corrected chi connectivity index (χ0v) is 10.9. The van der Waals surface area contributed by atoms with Gasteiger partial charge in [0.1, 0.15) is 0 Å². The minimum atomic E-state index is 0.0521. The summed E-state index contributed by atoms with van der Waals surface area (Å²) in [4.78, 5) is 0. The van der Waals surface area contributed by atoms with Crippen LogP contribution in [0.1, 0.15) is 18.9 Å². The molecule has 0 amide bonds. The van der Waals surface area contributed by atoms with Crippen LogP contribution < -0.4 is 5.32 Å². The van der Waals surface area contributed by atoms with Crippen molar-refractivity contribution in [3.8, 4) is 11.5 Å². The first-order valence-electron chi connectivity index (χ1n) is 6.28. The molecule has 0 fully saturated rings. The molecule has 0 aliphatic rings. The number of benzene rings is 2. The van der Waals surface area contributed by atoms with E-state index in [0.29, 0.717) is 11.8 Å². The number of nitrogens with one attached hydrogen (secondary N) is 1. The van der Waals surface area contributed by atoms with Crippen LogP contribution in [0.15, 0.2) is 46.9 Å². The maximum atomic E-state index is 5.75. The molecule has 1 heterocycles. The van der Waals surface area contributed by atoms with Gasteiger partial charge in [-0.1, -0.05) is 36.4 Å². The predicted molar refractivity (Wildman–Crippen MR) is 74.7 cm³/mol. The SMILES string of the molecule is CNC(C)c1nnc(-c2cccc3ccccc23)o1. The molecule has 0 bridgehead atoms. The second kappa shape index (κ2) is 4.82. The van der Waals surface area contributed by atoms with Gasteiger partial charge in [0.15, 0.2) is 0 Å². The van der Waals surface area contributed by atoms with Gasteiger partial charge in [-0.2, -0.15) is 0 Å². The number of aromatic nitrogens is 2. The van der Waals surface area contributed by atoms with Gasteiger partial charge < -0.3 is 9.73 Å². The van der Waals surface area contributed by atoms with Crippen LogP contribution in [-0.4, -0.2) is 17.2 Å². The van der Waals surface area contributed by atoms with E-state index in [2.05, 4.69) is 33.7 Å². The minimum Gasteiger partial charge on any atom is -0.419 e. The Balaban J connectivity index is 2.12. The van der Waals surface area contributed by atoms with Crippen molar-refractivity contribution in [3.63, 3.8) is 0 Å². The molecule has 3 aromatic rings. The molecule has 96 valence electrons. The molecule has 4 nitrogen and oxygen atoms in total. The molecule has 1 atom stereocenters. The Morgan fingerprint density at radius 1 is 1.05 bits per heavy atom. The maximum absolute atomic E-state index is 5.75. The lowest BCUT2D eigenvalue weighted by atomic mass is 10.0. The Morgan fingerprint density at radius 3 is 2.68 bits per heavy atom. The summed E-state index contributed by atoms with van der Waals surface area (Å²) in [6.45, 7) is 1.99. The molecule has 3 rings (SSSR count). The Hall–Kier alpha value is -2.20. The second-order valence-corrected chi connectivity index (χ2v) is 4.48. The molecule has 2 aromatic carbocycles. The van der Waals surface area contributed by atoms with Gasteiger partial charge in [0, 0.05) is 5.56 Å². The topological polar surface area (TPSA) is 51.0 Å². The molecule has 0 aliphatic carbocycles. The fourth-order valence-electron chi connectivity index (χ4n) is 2.05. The lowest BCUT2D eigenvalue weighted by Crippen LogP contribution is -2.12. The van der Waals surface area contributed by atoms with Gasteiger partial charge in [0.25, 0.3) is 0 Å². The summed E-state index contributed by atoms with van der Waals surface area (Å²) < 4.78 is 5.75.